The Labute approximate surface area is 179 Å². The van der Waals surface area contributed by atoms with Gasteiger partial charge in [-0.1, -0.05) is 23.2 Å². The van der Waals surface area contributed by atoms with Crippen molar-refractivity contribution in [3.63, 3.8) is 0 Å². The van der Waals surface area contributed by atoms with Crippen LogP contribution in [0, 0.1) is 0 Å². The van der Waals surface area contributed by atoms with Gasteiger partial charge in [-0.2, -0.15) is 0 Å². The molecule has 2 aromatic carbocycles. The van der Waals surface area contributed by atoms with Crippen molar-refractivity contribution in [2.75, 3.05) is 0 Å². The SMILES string of the molecule is O=C1CC(C(=O)O)Oc2ccc(Cl)cc21.O=C1CC(C(=O)O)Oc2ccc(Cl)cc21. The Balaban J connectivity index is 0.000000171. The average Bonchev–Trinajstić information content (AvgIpc) is 2.69. The fraction of sp³-hybridized carbons (Fsp3) is 0.200. The average molecular weight is 453 g/mol. The lowest BCUT2D eigenvalue weighted by atomic mass is 10.0. The maximum atomic E-state index is 11.6. The van der Waals surface area contributed by atoms with Crippen LogP contribution in [0.25, 0.3) is 0 Å². The fourth-order valence-electron chi connectivity index (χ4n) is 2.87. The summed E-state index contributed by atoms with van der Waals surface area (Å²) < 4.78 is 10.3. The summed E-state index contributed by atoms with van der Waals surface area (Å²) in [5.41, 5.74) is 0.694. The van der Waals surface area contributed by atoms with Gasteiger partial charge in [-0.15, -0.1) is 0 Å². The number of rotatable bonds is 2. The van der Waals surface area contributed by atoms with E-state index in [-0.39, 0.29) is 35.9 Å². The summed E-state index contributed by atoms with van der Waals surface area (Å²) in [4.78, 5) is 44.4. The molecule has 8 nitrogen and oxygen atoms in total. The number of fused-ring (bicyclic) bond motifs is 2. The maximum absolute atomic E-state index is 11.6. The molecule has 0 saturated carbocycles. The number of halogens is 2. The van der Waals surface area contributed by atoms with Crippen LogP contribution in [0.4, 0.5) is 0 Å². The summed E-state index contributed by atoms with van der Waals surface area (Å²) in [6.45, 7) is 0. The van der Waals surface area contributed by atoms with E-state index in [1.165, 1.54) is 24.3 Å². The number of ketones is 2. The molecule has 2 N–H and O–H groups in total. The topological polar surface area (TPSA) is 127 Å². The van der Waals surface area contributed by atoms with E-state index in [2.05, 4.69) is 0 Å². The molecule has 2 aliphatic rings. The highest BCUT2D eigenvalue weighted by molar-refractivity contribution is 6.31. The Morgan fingerprint density at radius 1 is 0.767 bits per heavy atom. The highest BCUT2D eigenvalue weighted by atomic mass is 35.5. The molecule has 0 aliphatic carbocycles. The zero-order valence-electron chi connectivity index (χ0n) is 15.1. The number of aliphatic carboxylic acids is 2. The molecular formula is C20H14Cl2O8. The molecule has 0 bridgehead atoms. The van der Waals surface area contributed by atoms with Gasteiger partial charge in [-0.05, 0) is 36.4 Å². The lowest BCUT2D eigenvalue weighted by Crippen LogP contribution is -2.33. The Morgan fingerprint density at radius 2 is 1.13 bits per heavy atom. The number of hydrogen-bond donors (Lipinski definition) is 2. The molecule has 2 atom stereocenters. The van der Waals surface area contributed by atoms with Crippen LogP contribution in [0.1, 0.15) is 33.6 Å². The number of carboxylic acids is 2. The smallest absolute Gasteiger partial charge is 0.345 e. The first kappa shape index (κ1) is 21.6. The first-order valence-electron chi connectivity index (χ1n) is 8.60. The number of carbonyl (C=O) groups is 4. The van der Waals surface area contributed by atoms with E-state index in [0.717, 1.165) is 0 Å². The highest BCUT2D eigenvalue weighted by Crippen LogP contribution is 2.31. The molecule has 0 amide bonds. The molecule has 0 spiro atoms. The maximum Gasteiger partial charge on any atom is 0.345 e. The van der Waals surface area contributed by atoms with Crippen LogP contribution in [0.2, 0.25) is 10.0 Å². The molecule has 2 heterocycles. The van der Waals surface area contributed by atoms with Gasteiger partial charge >= 0.3 is 11.9 Å². The minimum atomic E-state index is -1.14. The van der Waals surface area contributed by atoms with Crippen LogP contribution in [0.5, 0.6) is 11.5 Å². The van der Waals surface area contributed by atoms with E-state index in [1.54, 1.807) is 12.1 Å². The lowest BCUT2D eigenvalue weighted by molar-refractivity contribution is -0.146. The van der Waals surface area contributed by atoms with Gasteiger partial charge < -0.3 is 19.7 Å². The Bertz CT molecular complexity index is 966. The second-order valence-corrected chi connectivity index (χ2v) is 7.30. The van der Waals surface area contributed by atoms with Gasteiger partial charge in [0.15, 0.2) is 11.6 Å². The molecule has 0 fully saturated rings. The molecule has 0 radical (unpaired) electrons. The van der Waals surface area contributed by atoms with E-state index < -0.39 is 24.1 Å². The first-order chi connectivity index (χ1) is 14.2. The molecule has 10 heteroatoms. The van der Waals surface area contributed by atoms with Gasteiger partial charge in [-0.3, -0.25) is 9.59 Å². The molecule has 0 aromatic heterocycles. The summed E-state index contributed by atoms with van der Waals surface area (Å²) in [7, 11) is 0. The van der Waals surface area contributed by atoms with E-state index in [0.29, 0.717) is 21.2 Å². The van der Waals surface area contributed by atoms with Gasteiger partial charge in [-0.25, -0.2) is 9.59 Å². The minimum Gasteiger partial charge on any atom is -0.478 e. The zero-order chi connectivity index (χ0) is 22.0. The molecule has 30 heavy (non-hydrogen) atoms. The second-order valence-electron chi connectivity index (χ2n) is 6.43. The van der Waals surface area contributed by atoms with Crippen molar-refractivity contribution in [1.29, 1.82) is 0 Å². The van der Waals surface area contributed by atoms with E-state index >= 15 is 0 Å². The molecule has 4 rings (SSSR count). The summed E-state index contributed by atoms with van der Waals surface area (Å²) >= 11 is 11.4. The molecular weight excluding hydrogens is 439 g/mol. The fourth-order valence-corrected chi connectivity index (χ4v) is 3.21. The van der Waals surface area contributed by atoms with Crippen LogP contribution in [-0.4, -0.2) is 45.9 Å². The van der Waals surface area contributed by atoms with Gasteiger partial charge in [0.05, 0.1) is 24.0 Å². The number of ether oxygens (including phenoxy) is 2. The van der Waals surface area contributed by atoms with E-state index in [1.807, 2.05) is 0 Å². The largest absolute Gasteiger partial charge is 0.478 e. The predicted molar refractivity (Wildman–Crippen MR) is 105 cm³/mol. The van der Waals surface area contributed by atoms with Gasteiger partial charge in [0.2, 0.25) is 12.2 Å². The summed E-state index contributed by atoms with van der Waals surface area (Å²) in [6.07, 6.45) is -2.48. The van der Waals surface area contributed by atoms with Crippen molar-refractivity contribution in [2.24, 2.45) is 0 Å². The second kappa shape index (κ2) is 8.73. The standard InChI is InChI=1S/2C10H7ClO4/c2*11-5-1-2-8-6(3-5)7(12)4-9(15-8)10(13)14/h2*1-3,9H,4H2,(H,13,14). The third kappa shape index (κ3) is 4.72. The highest BCUT2D eigenvalue weighted by Gasteiger charge is 2.32. The van der Waals surface area contributed by atoms with E-state index in [9.17, 15) is 19.2 Å². The predicted octanol–water partition coefficient (Wildman–Crippen LogP) is 3.52. The van der Waals surface area contributed by atoms with Crippen molar-refractivity contribution in [2.45, 2.75) is 25.0 Å². The number of benzene rings is 2. The van der Waals surface area contributed by atoms with Crippen molar-refractivity contribution in [1.82, 2.24) is 0 Å². The van der Waals surface area contributed by atoms with Crippen molar-refractivity contribution in [3.05, 3.63) is 57.6 Å². The van der Waals surface area contributed by atoms with Crippen LogP contribution >= 0.6 is 23.2 Å². The van der Waals surface area contributed by atoms with Crippen molar-refractivity contribution >= 4 is 46.7 Å². The van der Waals surface area contributed by atoms with E-state index in [4.69, 9.17) is 42.9 Å². The summed E-state index contributed by atoms with van der Waals surface area (Å²) in [5, 5.41) is 18.3. The number of Topliss-reactive ketones (excluding diaryl/α,β-unsaturated/α-hetero) is 2. The quantitative estimate of drug-likeness (QED) is 0.707. The first-order valence-corrected chi connectivity index (χ1v) is 9.35. The summed E-state index contributed by atoms with van der Waals surface area (Å²) in [5.74, 6) is -2.23. The third-order valence-corrected chi connectivity index (χ3v) is 4.79. The van der Waals surface area contributed by atoms with Crippen LogP contribution in [0.15, 0.2) is 36.4 Å². The van der Waals surface area contributed by atoms with Crippen LogP contribution < -0.4 is 9.47 Å². The van der Waals surface area contributed by atoms with Crippen molar-refractivity contribution < 1.29 is 38.9 Å². The number of carboxylic acid groups (broad SMARTS) is 2. The Kier molecular flexibility index (Phi) is 6.28. The molecule has 156 valence electrons. The Hall–Kier alpha value is -3.10. The number of carbonyl (C=O) groups excluding carboxylic acids is 2. The van der Waals surface area contributed by atoms with Crippen LogP contribution in [0.3, 0.4) is 0 Å². The lowest BCUT2D eigenvalue weighted by Gasteiger charge is -2.21. The molecule has 2 aromatic rings. The van der Waals surface area contributed by atoms with Crippen LogP contribution in [-0.2, 0) is 9.59 Å². The monoisotopic (exact) mass is 452 g/mol. The molecule has 0 saturated heterocycles. The zero-order valence-corrected chi connectivity index (χ0v) is 16.6. The number of hydrogen-bond acceptors (Lipinski definition) is 6. The van der Waals surface area contributed by atoms with Crippen molar-refractivity contribution in [3.8, 4) is 11.5 Å². The molecule has 2 unspecified atom stereocenters. The van der Waals surface area contributed by atoms with Gasteiger partial charge in [0, 0.05) is 10.0 Å². The molecule has 2 aliphatic heterocycles. The Morgan fingerprint density at radius 3 is 1.47 bits per heavy atom. The normalized spacial score (nSPS) is 19.3. The minimum absolute atomic E-state index is 0.150. The third-order valence-electron chi connectivity index (χ3n) is 4.31. The summed E-state index contributed by atoms with van der Waals surface area (Å²) in [6, 6.07) is 9.08. The van der Waals surface area contributed by atoms with Gasteiger partial charge in [0.1, 0.15) is 11.5 Å². The van der Waals surface area contributed by atoms with Gasteiger partial charge in [0.25, 0.3) is 0 Å².